The molecule has 0 radical (unpaired) electrons. The highest BCUT2D eigenvalue weighted by Crippen LogP contribution is 2.15. The molecule has 84 valence electrons. The fourth-order valence-electron chi connectivity index (χ4n) is 2.07. The second kappa shape index (κ2) is 7.21. The van der Waals surface area contributed by atoms with Gasteiger partial charge < -0.3 is 15.4 Å². The average molecular weight is 200 g/mol. The van der Waals surface area contributed by atoms with E-state index in [-0.39, 0.29) is 0 Å². The molecule has 1 heterocycles. The normalized spacial score (nSPS) is 23.1. The molecule has 3 heteroatoms. The zero-order valence-electron chi connectivity index (χ0n) is 9.37. The largest absolute Gasteiger partial charge is 0.385 e. The molecule has 1 unspecified atom stereocenters. The molecule has 0 aromatic rings. The van der Waals surface area contributed by atoms with Crippen LogP contribution in [0.2, 0.25) is 0 Å². The molecule has 0 bridgehead atoms. The van der Waals surface area contributed by atoms with E-state index in [0.29, 0.717) is 0 Å². The van der Waals surface area contributed by atoms with Crippen molar-refractivity contribution in [1.82, 2.24) is 4.90 Å². The van der Waals surface area contributed by atoms with Gasteiger partial charge in [-0.05, 0) is 51.2 Å². The van der Waals surface area contributed by atoms with Crippen LogP contribution in [0, 0.1) is 5.92 Å². The van der Waals surface area contributed by atoms with Crippen LogP contribution < -0.4 is 5.73 Å². The quantitative estimate of drug-likeness (QED) is 0.625. The van der Waals surface area contributed by atoms with Crippen molar-refractivity contribution in [2.45, 2.75) is 25.7 Å². The maximum atomic E-state index is 5.65. The Labute approximate surface area is 87.6 Å². The van der Waals surface area contributed by atoms with Gasteiger partial charge in [-0.15, -0.1) is 0 Å². The molecule has 0 aliphatic carbocycles. The maximum Gasteiger partial charge on any atom is 0.0462 e. The first kappa shape index (κ1) is 12.0. The lowest BCUT2D eigenvalue weighted by molar-refractivity contribution is 0.190. The fourth-order valence-corrected chi connectivity index (χ4v) is 2.07. The third-order valence-electron chi connectivity index (χ3n) is 3.03. The van der Waals surface area contributed by atoms with Crippen molar-refractivity contribution in [3.63, 3.8) is 0 Å². The minimum absolute atomic E-state index is 0.758. The average Bonchev–Trinajstić information content (AvgIpc) is 2.65. The number of rotatable bonds is 7. The van der Waals surface area contributed by atoms with E-state index in [9.17, 15) is 0 Å². The van der Waals surface area contributed by atoms with Crippen molar-refractivity contribution >= 4 is 0 Å². The Morgan fingerprint density at radius 2 is 2.21 bits per heavy atom. The molecule has 0 amide bonds. The first-order chi connectivity index (χ1) is 6.86. The summed E-state index contributed by atoms with van der Waals surface area (Å²) in [5.41, 5.74) is 5.65. The van der Waals surface area contributed by atoms with Crippen LogP contribution in [0.4, 0.5) is 0 Å². The Bertz CT molecular complexity index is 141. The molecular weight excluding hydrogens is 176 g/mol. The molecule has 0 aromatic carbocycles. The summed E-state index contributed by atoms with van der Waals surface area (Å²) >= 11 is 0. The van der Waals surface area contributed by atoms with E-state index in [1.165, 1.54) is 45.3 Å². The van der Waals surface area contributed by atoms with Gasteiger partial charge in [0.05, 0.1) is 0 Å². The minimum Gasteiger partial charge on any atom is -0.385 e. The highest BCUT2D eigenvalue weighted by Gasteiger charge is 2.19. The van der Waals surface area contributed by atoms with Crippen LogP contribution in [0.3, 0.4) is 0 Å². The summed E-state index contributed by atoms with van der Waals surface area (Å²) < 4.78 is 5.02. The van der Waals surface area contributed by atoms with Gasteiger partial charge in [0.15, 0.2) is 0 Å². The van der Waals surface area contributed by atoms with Crippen molar-refractivity contribution in [3.05, 3.63) is 0 Å². The van der Waals surface area contributed by atoms with E-state index in [1.54, 1.807) is 7.11 Å². The summed E-state index contributed by atoms with van der Waals surface area (Å²) in [5.74, 6) is 0.758. The third-order valence-corrected chi connectivity index (χ3v) is 3.03. The summed E-state index contributed by atoms with van der Waals surface area (Å²) in [6, 6.07) is 0. The van der Waals surface area contributed by atoms with E-state index in [4.69, 9.17) is 10.5 Å². The Morgan fingerprint density at radius 1 is 1.36 bits per heavy atom. The number of ether oxygens (including phenoxy) is 1. The van der Waals surface area contributed by atoms with Gasteiger partial charge in [-0.2, -0.15) is 0 Å². The number of likely N-dealkylation sites (tertiary alicyclic amines) is 1. The van der Waals surface area contributed by atoms with Crippen LogP contribution in [-0.2, 0) is 4.74 Å². The number of methoxy groups -OCH3 is 1. The molecule has 0 spiro atoms. The van der Waals surface area contributed by atoms with Crippen LogP contribution in [0.25, 0.3) is 0 Å². The second-order valence-electron chi connectivity index (χ2n) is 4.24. The van der Waals surface area contributed by atoms with Crippen LogP contribution >= 0.6 is 0 Å². The van der Waals surface area contributed by atoms with Crippen LogP contribution in [0.1, 0.15) is 25.7 Å². The van der Waals surface area contributed by atoms with E-state index in [1.807, 2.05) is 0 Å². The van der Waals surface area contributed by atoms with Crippen LogP contribution in [0.15, 0.2) is 0 Å². The molecule has 1 fully saturated rings. The lowest BCUT2D eigenvalue weighted by atomic mass is 10.1. The molecular formula is C11H24N2O. The number of nitrogens with zero attached hydrogens (tertiary/aromatic N) is 1. The summed E-state index contributed by atoms with van der Waals surface area (Å²) in [5, 5.41) is 0. The zero-order valence-corrected chi connectivity index (χ0v) is 9.37. The Morgan fingerprint density at radius 3 is 2.86 bits per heavy atom. The van der Waals surface area contributed by atoms with Crippen molar-refractivity contribution < 1.29 is 4.74 Å². The maximum absolute atomic E-state index is 5.65. The smallest absolute Gasteiger partial charge is 0.0462 e. The fraction of sp³-hybridized carbons (Fsp3) is 1.00. The molecule has 3 nitrogen and oxygen atoms in total. The van der Waals surface area contributed by atoms with Gasteiger partial charge in [-0.1, -0.05) is 0 Å². The van der Waals surface area contributed by atoms with Gasteiger partial charge in [0.25, 0.3) is 0 Å². The molecule has 1 aliphatic rings. The highest BCUT2D eigenvalue weighted by atomic mass is 16.5. The van der Waals surface area contributed by atoms with Crippen molar-refractivity contribution in [3.8, 4) is 0 Å². The van der Waals surface area contributed by atoms with Gasteiger partial charge in [0.2, 0.25) is 0 Å². The Balaban J connectivity index is 1.92. The Kier molecular flexibility index (Phi) is 6.15. The van der Waals surface area contributed by atoms with Gasteiger partial charge in [-0.25, -0.2) is 0 Å². The predicted octanol–water partition coefficient (Wildman–Crippen LogP) is 1.08. The van der Waals surface area contributed by atoms with Crippen molar-refractivity contribution in [1.29, 1.82) is 0 Å². The van der Waals surface area contributed by atoms with Gasteiger partial charge in [0, 0.05) is 20.3 Å². The monoisotopic (exact) mass is 200 g/mol. The van der Waals surface area contributed by atoms with E-state index < -0.39 is 0 Å². The number of hydrogen-bond donors (Lipinski definition) is 1. The Hall–Kier alpha value is -0.120. The summed E-state index contributed by atoms with van der Waals surface area (Å²) in [6.45, 7) is 5.50. The van der Waals surface area contributed by atoms with Gasteiger partial charge in [0.1, 0.15) is 0 Å². The van der Waals surface area contributed by atoms with Crippen molar-refractivity contribution in [2.75, 3.05) is 39.9 Å². The zero-order chi connectivity index (χ0) is 10.2. The molecule has 1 aliphatic heterocycles. The number of hydrogen-bond acceptors (Lipinski definition) is 3. The second-order valence-corrected chi connectivity index (χ2v) is 4.24. The summed E-state index contributed by atoms with van der Waals surface area (Å²) in [6.07, 6.45) is 5.09. The molecule has 0 saturated carbocycles. The van der Waals surface area contributed by atoms with Crippen molar-refractivity contribution in [2.24, 2.45) is 11.7 Å². The predicted molar refractivity (Wildman–Crippen MR) is 59.3 cm³/mol. The van der Waals surface area contributed by atoms with Gasteiger partial charge >= 0.3 is 0 Å². The minimum atomic E-state index is 0.758. The molecule has 1 rings (SSSR count). The molecule has 1 saturated heterocycles. The molecule has 2 N–H and O–H groups in total. The molecule has 14 heavy (non-hydrogen) atoms. The van der Waals surface area contributed by atoms with E-state index in [2.05, 4.69) is 4.90 Å². The molecule has 1 atom stereocenters. The van der Waals surface area contributed by atoms with Crippen LogP contribution in [0.5, 0.6) is 0 Å². The standard InChI is InChI=1S/C11H24N2O/c1-14-8-4-2-3-6-13-7-5-11(9-12)10-13/h11H,2-10,12H2,1H3. The topological polar surface area (TPSA) is 38.5 Å². The number of unbranched alkanes of at least 4 members (excludes halogenated alkanes) is 2. The van der Waals surface area contributed by atoms with Gasteiger partial charge in [-0.3, -0.25) is 0 Å². The van der Waals surface area contributed by atoms with E-state index in [0.717, 1.165) is 19.1 Å². The third kappa shape index (κ3) is 4.40. The lowest BCUT2D eigenvalue weighted by Gasteiger charge is -2.15. The first-order valence-electron chi connectivity index (χ1n) is 5.78. The van der Waals surface area contributed by atoms with Crippen LogP contribution in [-0.4, -0.2) is 44.8 Å². The summed E-state index contributed by atoms with van der Waals surface area (Å²) in [4.78, 5) is 2.55. The summed E-state index contributed by atoms with van der Waals surface area (Å²) in [7, 11) is 1.77. The van der Waals surface area contributed by atoms with E-state index >= 15 is 0 Å². The first-order valence-corrected chi connectivity index (χ1v) is 5.78. The SMILES string of the molecule is COCCCCCN1CCC(CN)C1. The lowest BCUT2D eigenvalue weighted by Crippen LogP contribution is -2.24. The molecule has 0 aromatic heterocycles. The highest BCUT2D eigenvalue weighted by molar-refractivity contribution is 4.75. The number of nitrogens with two attached hydrogens (primary N) is 1.